The summed E-state index contributed by atoms with van der Waals surface area (Å²) in [6.45, 7) is 4.74. The molecule has 3 amide bonds. The largest absolute Gasteiger partial charge is 0.480 e. The van der Waals surface area contributed by atoms with Gasteiger partial charge in [-0.25, -0.2) is 4.79 Å². The van der Waals surface area contributed by atoms with Crippen LogP contribution in [0.1, 0.15) is 32.8 Å². The minimum absolute atomic E-state index is 0.101. The van der Waals surface area contributed by atoms with E-state index in [-0.39, 0.29) is 18.1 Å². The molecule has 0 aliphatic carbocycles. The molecule has 198 valence electrons. The Kier molecular flexibility index (Phi) is 10.8. The first kappa shape index (κ1) is 29.1. The zero-order valence-electron chi connectivity index (χ0n) is 20.5. The first-order valence-electron chi connectivity index (χ1n) is 11.7. The van der Waals surface area contributed by atoms with Crippen LogP contribution in [0.15, 0.2) is 30.5 Å². The third kappa shape index (κ3) is 7.45. The summed E-state index contributed by atoms with van der Waals surface area (Å²) in [6, 6.07) is 2.85. The van der Waals surface area contributed by atoms with Gasteiger partial charge in [-0.1, -0.05) is 38.5 Å². The molecule has 0 saturated carbocycles. The van der Waals surface area contributed by atoms with Crippen LogP contribution in [0.2, 0.25) is 0 Å². The Morgan fingerprint density at radius 1 is 1.03 bits per heavy atom. The van der Waals surface area contributed by atoms with E-state index in [9.17, 15) is 29.4 Å². The van der Waals surface area contributed by atoms with Crippen molar-refractivity contribution in [3.8, 4) is 0 Å². The van der Waals surface area contributed by atoms with E-state index < -0.39 is 54.0 Å². The van der Waals surface area contributed by atoms with E-state index in [0.717, 1.165) is 16.5 Å². The summed E-state index contributed by atoms with van der Waals surface area (Å²) in [4.78, 5) is 52.9. The van der Waals surface area contributed by atoms with Crippen LogP contribution in [-0.4, -0.2) is 74.9 Å². The molecule has 1 aromatic heterocycles. The van der Waals surface area contributed by atoms with Crippen molar-refractivity contribution in [3.63, 3.8) is 0 Å². The maximum atomic E-state index is 12.8. The molecule has 1 heterocycles. The van der Waals surface area contributed by atoms with Gasteiger partial charge >= 0.3 is 5.97 Å². The first-order chi connectivity index (χ1) is 17.0. The van der Waals surface area contributed by atoms with Crippen LogP contribution < -0.4 is 21.7 Å². The highest BCUT2D eigenvalue weighted by Crippen LogP contribution is 2.18. The van der Waals surface area contributed by atoms with Gasteiger partial charge in [0.15, 0.2) is 0 Å². The Morgan fingerprint density at radius 3 is 2.25 bits per heavy atom. The van der Waals surface area contributed by atoms with Crippen LogP contribution in [0, 0.1) is 5.92 Å². The Balaban J connectivity index is 2.03. The number of amides is 3. The van der Waals surface area contributed by atoms with Crippen LogP contribution in [0.5, 0.6) is 0 Å². The van der Waals surface area contributed by atoms with Crippen LogP contribution in [0.3, 0.4) is 0 Å². The van der Waals surface area contributed by atoms with Crippen molar-refractivity contribution in [2.24, 2.45) is 11.7 Å². The van der Waals surface area contributed by atoms with Crippen molar-refractivity contribution in [2.75, 3.05) is 5.75 Å². The van der Waals surface area contributed by atoms with Gasteiger partial charge in [0.1, 0.15) is 18.1 Å². The Labute approximate surface area is 215 Å². The zero-order chi connectivity index (χ0) is 27.0. The number of H-pyrrole nitrogens is 1. The highest BCUT2D eigenvalue weighted by molar-refractivity contribution is 7.80. The second-order valence-electron chi connectivity index (χ2n) is 8.85. The Morgan fingerprint density at radius 2 is 1.67 bits per heavy atom. The molecule has 1 aromatic carbocycles. The fourth-order valence-electron chi connectivity index (χ4n) is 3.69. The molecular weight excluding hydrogens is 486 g/mol. The van der Waals surface area contributed by atoms with E-state index in [1.54, 1.807) is 20.0 Å². The number of thiol groups is 1. The summed E-state index contributed by atoms with van der Waals surface area (Å²) in [5.41, 5.74) is 7.84. The van der Waals surface area contributed by atoms with Gasteiger partial charge in [-0.15, -0.1) is 0 Å². The fraction of sp³-hybridized carbons (Fsp3) is 0.500. The predicted molar refractivity (Wildman–Crippen MR) is 138 cm³/mol. The molecule has 0 fully saturated rings. The van der Waals surface area contributed by atoms with Gasteiger partial charge in [0.05, 0.1) is 12.1 Å². The van der Waals surface area contributed by atoms with E-state index in [1.807, 2.05) is 24.3 Å². The predicted octanol–water partition coefficient (Wildman–Crippen LogP) is -0.0666. The van der Waals surface area contributed by atoms with E-state index in [1.165, 1.54) is 6.92 Å². The lowest BCUT2D eigenvalue weighted by Crippen LogP contribution is -2.60. The smallest absolute Gasteiger partial charge is 0.326 e. The SMILES string of the molecule is CCC(C)C(NC(=O)C(NC(=O)C(CS)NC(=O)C(N)Cc1c[nH]c2ccccc12)C(C)O)C(=O)O. The second-order valence-corrected chi connectivity index (χ2v) is 9.22. The quantitative estimate of drug-likeness (QED) is 0.169. The first-order valence-corrected chi connectivity index (χ1v) is 12.4. The monoisotopic (exact) mass is 521 g/mol. The Hall–Kier alpha value is -3.09. The molecule has 11 nitrogen and oxygen atoms in total. The molecule has 0 bridgehead atoms. The molecule has 0 saturated heterocycles. The molecule has 0 aliphatic rings. The van der Waals surface area contributed by atoms with Crippen molar-refractivity contribution in [1.82, 2.24) is 20.9 Å². The van der Waals surface area contributed by atoms with Crippen molar-refractivity contribution in [2.45, 2.75) is 63.9 Å². The topological polar surface area (TPSA) is 187 Å². The van der Waals surface area contributed by atoms with Gasteiger partial charge in [-0.05, 0) is 30.9 Å². The lowest BCUT2D eigenvalue weighted by atomic mass is 9.98. The average Bonchev–Trinajstić information content (AvgIpc) is 3.25. The summed E-state index contributed by atoms with van der Waals surface area (Å²) < 4.78 is 0. The fourth-order valence-corrected chi connectivity index (χ4v) is 3.95. The van der Waals surface area contributed by atoms with Crippen LogP contribution in [-0.2, 0) is 25.6 Å². The number of hydrogen-bond acceptors (Lipinski definition) is 7. The van der Waals surface area contributed by atoms with Crippen molar-refractivity contribution in [3.05, 3.63) is 36.0 Å². The maximum Gasteiger partial charge on any atom is 0.326 e. The molecule has 0 aliphatic heterocycles. The minimum atomic E-state index is -1.44. The van der Waals surface area contributed by atoms with Gasteiger partial charge in [-0.3, -0.25) is 14.4 Å². The summed E-state index contributed by atoms with van der Waals surface area (Å²) in [6.07, 6.45) is 1.16. The van der Waals surface area contributed by atoms with E-state index in [0.29, 0.717) is 6.42 Å². The summed E-state index contributed by atoms with van der Waals surface area (Å²) in [7, 11) is 0. The van der Waals surface area contributed by atoms with Crippen LogP contribution in [0.4, 0.5) is 0 Å². The molecule has 0 spiro atoms. The zero-order valence-corrected chi connectivity index (χ0v) is 21.4. The van der Waals surface area contributed by atoms with E-state index in [2.05, 4.69) is 33.6 Å². The number of carbonyl (C=O) groups excluding carboxylic acids is 3. The third-order valence-electron chi connectivity index (χ3n) is 6.11. The van der Waals surface area contributed by atoms with Crippen molar-refractivity contribution < 1.29 is 29.4 Å². The minimum Gasteiger partial charge on any atom is -0.480 e. The second kappa shape index (κ2) is 13.3. The van der Waals surface area contributed by atoms with Gasteiger partial charge in [0.25, 0.3) is 0 Å². The van der Waals surface area contributed by atoms with Gasteiger partial charge < -0.3 is 36.9 Å². The number of benzene rings is 1. The van der Waals surface area contributed by atoms with E-state index >= 15 is 0 Å². The molecule has 12 heteroatoms. The number of hydrogen-bond donors (Lipinski definition) is 8. The lowest BCUT2D eigenvalue weighted by molar-refractivity contribution is -0.144. The van der Waals surface area contributed by atoms with Crippen molar-refractivity contribution in [1.29, 1.82) is 0 Å². The number of aliphatic hydroxyl groups is 1. The van der Waals surface area contributed by atoms with Gasteiger partial charge in [0.2, 0.25) is 17.7 Å². The van der Waals surface area contributed by atoms with Crippen molar-refractivity contribution >= 4 is 47.2 Å². The number of carboxylic acid groups (broad SMARTS) is 1. The highest BCUT2D eigenvalue weighted by Gasteiger charge is 2.33. The number of carbonyl (C=O) groups is 4. The summed E-state index contributed by atoms with van der Waals surface area (Å²) >= 11 is 4.12. The molecule has 6 atom stereocenters. The number of nitrogens with one attached hydrogen (secondary N) is 4. The number of aliphatic carboxylic acids is 1. The summed E-state index contributed by atoms with van der Waals surface area (Å²) in [5, 5.41) is 27.7. The number of aromatic nitrogens is 1. The number of para-hydroxylation sites is 1. The number of fused-ring (bicyclic) bond motifs is 1. The molecule has 36 heavy (non-hydrogen) atoms. The molecule has 6 unspecified atom stereocenters. The molecule has 8 N–H and O–H groups in total. The van der Waals surface area contributed by atoms with Crippen LogP contribution >= 0.6 is 12.6 Å². The van der Waals surface area contributed by atoms with Gasteiger partial charge in [0, 0.05) is 22.9 Å². The number of aromatic amines is 1. The Bertz CT molecular complexity index is 1070. The van der Waals surface area contributed by atoms with E-state index in [4.69, 9.17) is 5.73 Å². The number of aliphatic hydroxyl groups excluding tert-OH is 1. The molecule has 2 rings (SSSR count). The maximum absolute atomic E-state index is 12.8. The number of carboxylic acids is 1. The highest BCUT2D eigenvalue weighted by atomic mass is 32.1. The van der Waals surface area contributed by atoms with Gasteiger partial charge in [-0.2, -0.15) is 12.6 Å². The number of rotatable bonds is 13. The summed E-state index contributed by atoms with van der Waals surface area (Å²) in [5.74, 6) is -3.91. The molecular formula is C24H35N5O6S. The molecule has 0 radical (unpaired) electrons. The normalized spacial score (nSPS) is 16.3. The average molecular weight is 522 g/mol. The third-order valence-corrected chi connectivity index (χ3v) is 6.47. The van der Waals surface area contributed by atoms with Crippen LogP contribution in [0.25, 0.3) is 10.9 Å². The standard InChI is InChI=1S/C24H35N5O6S/c1-4-12(2)19(24(34)35)28-23(33)20(13(3)30)29-22(32)18(11-36)27-21(31)16(25)9-14-10-26-17-8-6-5-7-15(14)17/h5-8,10,12-13,16,18-20,26,30,36H,4,9,11,25H2,1-3H3,(H,27,31)(H,28,33)(H,29,32)(H,34,35). The lowest BCUT2D eigenvalue weighted by Gasteiger charge is -2.27. The number of nitrogens with two attached hydrogens (primary N) is 1. The molecule has 2 aromatic rings.